The second-order valence-electron chi connectivity index (χ2n) is 1.88. The molecule has 0 aliphatic carbocycles. The van der Waals surface area contributed by atoms with Gasteiger partial charge >= 0.3 is 29.6 Å². The van der Waals surface area contributed by atoms with Gasteiger partial charge in [-0.2, -0.15) is 0 Å². The second kappa shape index (κ2) is 5.00. The summed E-state index contributed by atoms with van der Waals surface area (Å²) in [6.45, 7) is 1.82. The van der Waals surface area contributed by atoms with Crippen molar-refractivity contribution in [2.45, 2.75) is 11.8 Å². The Morgan fingerprint density at radius 1 is 1.55 bits per heavy atom. The standard InChI is InChI=1S/C6H7NO2S.Na.H/c1-5-2-3-6(4-7-5)10(8)9;;/h2-4H,1H3,(H,8,9);;. The van der Waals surface area contributed by atoms with Crippen molar-refractivity contribution in [3.63, 3.8) is 0 Å². The van der Waals surface area contributed by atoms with E-state index in [0.717, 1.165) is 5.69 Å². The molecule has 11 heavy (non-hydrogen) atoms. The molecule has 0 saturated carbocycles. The number of aryl methyl sites for hydroxylation is 1. The van der Waals surface area contributed by atoms with Crippen LogP contribution in [0, 0.1) is 6.92 Å². The average Bonchev–Trinajstić information content (AvgIpc) is 1.88. The molecule has 3 nitrogen and oxygen atoms in total. The predicted molar refractivity (Wildman–Crippen MR) is 45.2 cm³/mol. The van der Waals surface area contributed by atoms with Gasteiger partial charge < -0.3 is 4.55 Å². The van der Waals surface area contributed by atoms with Crippen molar-refractivity contribution >= 4 is 40.6 Å². The molecule has 1 heterocycles. The fourth-order valence-corrected chi connectivity index (χ4v) is 0.885. The van der Waals surface area contributed by atoms with Gasteiger partial charge in [-0.3, -0.25) is 4.98 Å². The van der Waals surface area contributed by atoms with Crippen LogP contribution in [0.5, 0.6) is 0 Å². The molecule has 1 aromatic rings. The van der Waals surface area contributed by atoms with E-state index >= 15 is 0 Å². The van der Waals surface area contributed by atoms with Crippen LogP contribution in [-0.2, 0) is 11.1 Å². The molecule has 1 atom stereocenters. The first-order chi connectivity index (χ1) is 4.70. The van der Waals surface area contributed by atoms with Crippen LogP contribution < -0.4 is 0 Å². The number of hydrogen-bond donors (Lipinski definition) is 1. The van der Waals surface area contributed by atoms with Crippen LogP contribution in [0.15, 0.2) is 23.2 Å². The van der Waals surface area contributed by atoms with Gasteiger partial charge in [0.2, 0.25) is 0 Å². The Labute approximate surface area is 89.8 Å². The van der Waals surface area contributed by atoms with E-state index in [4.69, 9.17) is 4.55 Å². The van der Waals surface area contributed by atoms with E-state index in [9.17, 15) is 4.21 Å². The zero-order valence-corrected chi connectivity index (χ0v) is 6.26. The van der Waals surface area contributed by atoms with Gasteiger partial charge in [-0.1, -0.05) is 0 Å². The molecule has 0 spiro atoms. The van der Waals surface area contributed by atoms with E-state index in [1.165, 1.54) is 6.20 Å². The Morgan fingerprint density at radius 2 is 2.18 bits per heavy atom. The second-order valence-corrected chi connectivity index (χ2v) is 2.85. The van der Waals surface area contributed by atoms with E-state index in [2.05, 4.69) is 4.98 Å². The first-order valence-electron chi connectivity index (χ1n) is 2.73. The minimum absolute atomic E-state index is 0. The Morgan fingerprint density at radius 3 is 2.55 bits per heavy atom. The Bertz CT molecular complexity index is 249. The van der Waals surface area contributed by atoms with E-state index in [0.29, 0.717) is 4.90 Å². The molecule has 5 heteroatoms. The van der Waals surface area contributed by atoms with Crippen LogP contribution in [0.4, 0.5) is 0 Å². The Balaban J connectivity index is 0.000001000. The van der Waals surface area contributed by atoms with Crippen molar-refractivity contribution in [2.75, 3.05) is 0 Å². The van der Waals surface area contributed by atoms with Crippen molar-refractivity contribution in [1.29, 1.82) is 0 Å². The monoisotopic (exact) mass is 181 g/mol. The molecular formula is C6H8NNaO2S. The molecule has 1 unspecified atom stereocenters. The minimum atomic E-state index is -1.90. The molecule has 56 valence electrons. The molecule has 1 aromatic heterocycles. The first-order valence-corrected chi connectivity index (χ1v) is 3.84. The number of pyridine rings is 1. The van der Waals surface area contributed by atoms with Crippen molar-refractivity contribution in [2.24, 2.45) is 0 Å². The summed E-state index contributed by atoms with van der Waals surface area (Å²) >= 11 is -1.90. The van der Waals surface area contributed by atoms with Crippen LogP contribution in [0.3, 0.4) is 0 Å². The molecule has 0 aliphatic heterocycles. The van der Waals surface area contributed by atoms with Crippen LogP contribution in [0.1, 0.15) is 5.69 Å². The molecular weight excluding hydrogens is 173 g/mol. The fraction of sp³-hybridized carbons (Fsp3) is 0.167. The van der Waals surface area contributed by atoms with Gasteiger partial charge in [-0.25, -0.2) is 4.21 Å². The third-order valence-corrected chi connectivity index (χ3v) is 1.73. The summed E-state index contributed by atoms with van der Waals surface area (Å²) in [5.41, 5.74) is 0.842. The summed E-state index contributed by atoms with van der Waals surface area (Å²) in [7, 11) is 0. The van der Waals surface area contributed by atoms with E-state index in [1.54, 1.807) is 12.1 Å². The van der Waals surface area contributed by atoms with Gasteiger partial charge in [0.15, 0.2) is 11.1 Å². The molecule has 0 saturated heterocycles. The number of nitrogens with zero attached hydrogens (tertiary/aromatic N) is 1. The number of aromatic nitrogens is 1. The molecule has 0 bridgehead atoms. The Kier molecular flexibility index (Phi) is 5.12. The quantitative estimate of drug-likeness (QED) is 0.501. The zero-order chi connectivity index (χ0) is 7.56. The van der Waals surface area contributed by atoms with Gasteiger partial charge in [0.05, 0.1) is 4.90 Å². The zero-order valence-electron chi connectivity index (χ0n) is 5.44. The van der Waals surface area contributed by atoms with Crippen LogP contribution in [-0.4, -0.2) is 43.3 Å². The summed E-state index contributed by atoms with van der Waals surface area (Å²) in [4.78, 5) is 4.19. The summed E-state index contributed by atoms with van der Waals surface area (Å²) in [6, 6.07) is 3.28. The van der Waals surface area contributed by atoms with Crippen LogP contribution in [0.25, 0.3) is 0 Å². The van der Waals surface area contributed by atoms with Gasteiger partial charge in [0.1, 0.15) is 0 Å². The molecule has 0 aromatic carbocycles. The molecule has 0 radical (unpaired) electrons. The van der Waals surface area contributed by atoms with Gasteiger partial charge in [0, 0.05) is 11.9 Å². The molecule has 1 rings (SSSR count). The Hall–Kier alpha value is 0.260. The number of rotatable bonds is 1. The third-order valence-electron chi connectivity index (χ3n) is 1.09. The van der Waals surface area contributed by atoms with E-state index in [1.807, 2.05) is 6.92 Å². The van der Waals surface area contributed by atoms with E-state index < -0.39 is 11.1 Å². The van der Waals surface area contributed by atoms with Crippen LogP contribution >= 0.6 is 0 Å². The third kappa shape index (κ3) is 3.44. The van der Waals surface area contributed by atoms with Crippen LogP contribution in [0.2, 0.25) is 0 Å². The fourth-order valence-electron chi connectivity index (χ4n) is 0.558. The first kappa shape index (κ1) is 11.3. The van der Waals surface area contributed by atoms with E-state index in [-0.39, 0.29) is 29.6 Å². The molecule has 0 fully saturated rings. The average molecular weight is 181 g/mol. The number of hydrogen-bond acceptors (Lipinski definition) is 2. The predicted octanol–water partition coefficient (Wildman–Crippen LogP) is 0.322. The normalized spacial score (nSPS) is 11.8. The van der Waals surface area contributed by atoms with Crippen molar-refractivity contribution in [1.82, 2.24) is 4.98 Å². The van der Waals surface area contributed by atoms with Crippen molar-refractivity contribution in [3.8, 4) is 0 Å². The molecule has 0 aliphatic rings. The summed E-state index contributed by atoms with van der Waals surface area (Å²) in [6.07, 6.45) is 1.39. The van der Waals surface area contributed by atoms with Gasteiger partial charge in [0.25, 0.3) is 0 Å². The summed E-state index contributed by atoms with van der Waals surface area (Å²) < 4.78 is 18.9. The topological polar surface area (TPSA) is 50.2 Å². The van der Waals surface area contributed by atoms with Gasteiger partial charge in [-0.15, -0.1) is 0 Å². The molecule has 1 N–H and O–H groups in total. The SMILES string of the molecule is Cc1ccc(S(=O)O)cn1.[NaH]. The van der Waals surface area contributed by atoms with Crippen molar-refractivity contribution < 1.29 is 8.76 Å². The summed E-state index contributed by atoms with van der Waals surface area (Å²) in [5, 5.41) is 0. The maximum absolute atomic E-state index is 10.4. The summed E-state index contributed by atoms with van der Waals surface area (Å²) in [5.74, 6) is 0. The maximum atomic E-state index is 10.4. The van der Waals surface area contributed by atoms with Gasteiger partial charge in [-0.05, 0) is 19.1 Å². The molecule has 0 amide bonds. The van der Waals surface area contributed by atoms with Crippen molar-refractivity contribution in [3.05, 3.63) is 24.0 Å².